The first-order chi connectivity index (χ1) is 20.6. The first-order valence-electron chi connectivity index (χ1n) is 14.2. The van der Waals surface area contributed by atoms with Crippen molar-refractivity contribution in [2.24, 2.45) is 0 Å². The third-order valence-electron chi connectivity index (χ3n) is 7.51. The van der Waals surface area contributed by atoms with Crippen LogP contribution >= 0.6 is 11.6 Å². The van der Waals surface area contributed by atoms with Gasteiger partial charge < -0.3 is 29.0 Å². The van der Waals surface area contributed by atoms with Gasteiger partial charge in [-0.3, -0.25) is 4.90 Å². The molecule has 1 atom stereocenters. The maximum atomic E-state index is 12.8. The second kappa shape index (κ2) is 12.7. The number of fused-ring (bicyclic) bond motifs is 4. The average molecular weight is 609 g/mol. The molecule has 3 aromatic carbocycles. The zero-order chi connectivity index (χ0) is 30.7. The maximum Gasteiger partial charge on any atom is 0.408 e. The topological polar surface area (TPSA) is 95.6 Å². The van der Waals surface area contributed by atoms with Gasteiger partial charge in [0.1, 0.15) is 18.8 Å². The summed E-state index contributed by atoms with van der Waals surface area (Å²) in [5.74, 6) is 1.41. The van der Waals surface area contributed by atoms with Crippen molar-refractivity contribution in [1.82, 2.24) is 10.2 Å². The highest BCUT2D eigenvalue weighted by atomic mass is 35.5. The van der Waals surface area contributed by atoms with Crippen LogP contribution in [0.5, 0.6) is 23.0 Å². The number of esters is 1. The van der Waals surface area contributed by atoms with Crippen molar-refractivity contribution < 1.29 is 33.3 Å². The number of benzene rings is 3. The first-order valence-corrected chi connectivity index (χ1v) is 14.6. The number of amides is 1. The standard InChI is InChI=1S/C33H37ClN2O7/c1-33(2,3)43-32(38)35-17-30(37)42-31-24-18-36-12-11-21-13-27(39-4)28(41-19-20-9-7-6-8-10-20)15-22(21)26(36)14-23(24)25(34)16-29(31)40-5/h6-10,13,15-16,26H,11-12,14,17-19H2,1-5H3,(H,35,38). The number of carbonyl (C=O) groups excluding carboxylic acids is 2. The predicted molar refractivity (Wildman–Crippen MR) is 162 cm³/mol. The van der Waals surface area contributed by atoms with E-state index >= 15 is 0 Å². The lowest BCUT2D eigenvalue weighted by atomic mass is 9.83. The molecule has 1 N–H and O–H groups in total. The maximum absolute atomic E-state index is 12.8. The summed E-state index contributed by atoms with van der Waals surface area (Å²) >= 11 is 6.80. The van der Waals surface area contributed by atoms with E-state index in [0.717, 1.165) is 35.2 Å². The Labute approximate surface area is 257 Å². The molecule has 0 saturated carbocycles. The molecule has 0 aromatic heterocycles. The van der Waals surface area contributed by atoms with Crippen molar-refractivity contribution in [2.45, 2.75) is 58.4 Å². The second-order valence-corrected chi connectivity index (χ2v) is 12.0. The van der Waals surface area contributed by atoms with E-state index in [4.69, 9.17) is 35.3 Å². The highest BCUT2D eigenvalue weighted by Crippen LogP contribution is 2.48. The Bertz CT molecular complexity index is 1500. The van der Waals surface area contributed by atoms with Crippen molar-refractivity contribution in [1.29, 1.82) is 0 Å². The van der Waals surface area contributed by atoms with Crippen LogP contribution in [0.3, 0.4) is 0 Å². The highest BCUT2D eigenvalue weighted by Gasteiger charge is 2.37. The van der Waals surface area contributed by atoms with E-state index in [2.05, 4.69) is 22.3 Å². The van der Waals surface area contributed by atoms with Gasteiger partial charge in [-0.15, -0.1) is 0 Å². The van der Waals surface area contributed by atoms with Crippen molar-refractivity contribution in [3.8, 4) is 23.0 Å². The van der Waals surface area contributed by atoms with Gasteiger partial charge in [0.05, 0.1) is 14.2 Å². The Morgan fingerprint density at radius 3 is 2.44 bits per heavy atom. The lowest BCUT2D eigenvalue weighted by Crippen LogP contribution is -2.40. The van der Waals surface area contributed by atoms with Crippen LogP contribution in [0.25, 0.3) is 0 Å². The Balaban J connectivity index is 1.39. The van der Waals surface area contributed by atoms with Gasteiger partial charge in [0.25, 0.3) is 0 Å². The number of nitrogens with zero attached hydrogens (tertiary/aromatic N) is 1. The number of methoxy groups -OCH3 is 2. The van der Waals surface area contributed by atoms with E-state index in [-0.39, 0.29) is 12.6 Å². The number of carbonyl (C=O) groups is 2. The molecule has 228 valence electrons. The molecule has 10 heteroatoms. The normalized spacial score (nSPS) is 15.8. The summed E-state index contributed by atoms with van der Waals surface area (Å²) in [6.07, 6.45) is 0.729. The summed E-state index contributed by atoms with van der Waals surface area (Å²) < 4.78 is 28.5. The van der Waals surface area contributed by atoms with Crippen LogP contribution in [0.1, 0.15) is 54.6 Å². The lowest BCUT2D eigenvalue weighted by Gasteiger charge is -2.42. The number of alkyl carbamates (subject to hydrolysis) is 1. The fourth-order valence-electron chi connectivity index (χ4n) is 5.55. The van der Waals surface area contributed by atoms with Crippen molar-refractivity contribution in [3.63, 3.8) is 0 Å². The molecule has 43 heavy (non-hydrogen) atoms. The lowest BCUT2D eigenvalue weighted by molar-refractivity contribution is -0.133. The van der Waals surface area contributed by atoms with Crippen LogP contribution in [-0.2, 0) is 35.5 Å². The quantitative estimate of drug-likeness (QED) is 0.245. The van der Waals surface area contributed by atoms with E-state index in [1.165, 1.54) is 12.7 Å². The van der Waals surface area contributed by atoms with Crippen LogP contribution in [0.2, 0.25) is 5.02 Å². The van der Waals surface area contributed by atoms with Gasteiger partial charge in [0.15, 0.2) is 23.0 Å². The molecule has 0 radical (unpaired) electrons. The first kappa shape index (κ1) is 30.5. The van der Waals surface area contributed by atoms with Gasteiger partial charge in [0.2, 0.25) is 0 Å². The zero-order valence-corrected chi connectivity index (χ0v) is 25.9. The molecule has 0 saturated heterocycles. The third kappa shape index (κ3) is 7.00. The SMILES string of the molecule is COc1cc2c(cc1OCc1ccccc1)C1Cc3c(Cl)cc(OC)c(OC(=O)CNC(=O)OC(C)(C)C)c3CN1CC2. The summed E-state index contributed by atoms with van der Waals surface area (Å²) in [6.45, 7) is 6.61. The summed E-state index contributed by atoms with van der Waals surface area (Å²) in [7, 11) is 3.16. The van der Waals surface area contributed by atoms with Gasteiger partial charge in [-0.1, -0.05) is 41.9 Å². The Kier molecular flexibility index (Phi) is 9.03. The smallest absolute Gasteiger partial charge is 0.408 e. The van der Waals surface area contributed by atoms with Crippen molar-refractivity contribution in [2.75, 3.05) is 27.3 Å². The second-order valence-electron chi connectivity index (χ2n) is 11.6. The van der Waals surface area contributed by atoms with E-state index < -0.39 is 17.7 Å². The molecule has 3 aromatic rings. The molecule has 0 bridgehead atoms. The van der Waals surface area contributed by atoms with Crippen LogP contribution in [0.15, 0.2) is 48.5 Å². The Morgan fingerprint density at radius 2 is 1.74 bits per heavy atom. The van der Waals surface area contributed by atoms with Crippen LogP contribution < -0.4 is 24.3 Å². The number of rotatable bonds is 8. The zero-order valence-electron chi connectivity index (χ0n) is 25.1. The van der Waals surface area contributed by atoms with Gasteiger partial charge in [0, 0.05) is 35.8 Å². The molecule has 0 aliphatic carbocycles. The Morgan fingerprint density at radius 1 is 1.00 bits per heavy atom. The molecule has 5 rings (SSSR count). The largest absolute Gasteiger partial charge is 0.493 e. The highest BCUT2D eigenvalue weighted by molar-refractivity contribution is 6.31. The minimum absolute atomic E-state index is 0.0458. The fourth-order valence-corrected chi connectivity index (χ4v) is 5.84. The molecule has 2 aliphatic heterocycles. The summed E-state index contributed by atoms with van der Waals surface area (Å²) in [4.78, 5) is 27.2. The predicted octanol–water partition coefficient (Wildman–Crippen LogP) is 6.02. The Hall–Kier alpha value is -3.95. The van der Waals surface area contributed by atoms with Crippen LogP contribution in [0, 0.1) is 0 Å². The van der Waals surface area contributed by atoms with E-state index in [9.17, 15) is 9.59 Å². The fraction of sp³-hybridized carbons (Fsp3) is 0.394. The summed E-state index contributed by atoms with van der Waals surface area (Å²) in [5.41, 5.74) is 4.44. The molecule has 9 nitrogen and oxygen atoms in total. The number of hydrogen-bond donors (Lipinski definition) is 1. The van der Waals surface area contributed by atoms with Gasteiger partial charge in [-0.25, -0.2) is 9.59 Å². The van der Waals surface area contributed by atoms with Crippen molar-refractivity contribution >= 4 is 23.7 Å². The average Bonchev–Trinajstić information content (AvgIpc) is 2.98. The van der Waals surface area contributed by atoms with Crippen molar-refractivity contribution in [3.05, 3.63) is 81.4 Å². The van der Waals surface area contributed by atoms with Crippen LogP contribution in [0.4, 0.5) is 4.79 Å². The molecule has 2 aliphatic rings. The summed E-state index contributed by atoms with van der Waals surface area (Å²) in [5, 5.41) is 2.99. The minimum Gasteiger partial charge on any atom is -0.493 e. The monoisotopic (exact) mass is 608 g/mol. The molecular weight excluding hydrogens is 572 g/mol. The van der Waals surface area contributed by atoms with E-state index in [1.807, 2.05) is 30.3 Å². The van der Waals surface area contributed by atoms with Gasteiger partial charge in [-0.2, -0.15) is 0 Å². The number of nitrogens with one attached hydrogen (secondary N) is 1. The minimum atomic E-state index is -0.701. The molecule has 1 amide bonds. The number of ether oxygens (including phenoxy) is 5. The number of hydrogen-bond acceptors (Lipinski definition) is 8. The van der Waals surface area contributed by atoms with Gasteiger partial charge >= 0.3 is 12.1 Å². The molecule has 0 spiro atoms. The third-order valence-corrected chi connectivity index (χ3v) is 7.85. The van der Waals surface area contributed by atoms with E-state index in [1.54, 1.807) is 33.9 Å². The number of halogens is 1. The molecule has 1 unspecified atom stereocenters. The molecule has 2 heterocycles. The summed E-state index contributed by atoms with van der Waals surface area (Å²) in [6, 6.07) is 15.9. The molecular formula is C33H37ClN2O7. The van der Waals surface area contributed by atoms with Gasteiger partial charge in [-0.05, 0) is 68.0 Å². The molecule has 0 fully saturated rings. The van der Waals surface area contributed by atoms with E-state index in [0.29, 0.717) is 47.6 Å². The van der Waals surface area contributed by atoms with Crippen LogP contribution in [-0.4, -0.2) is 49.9 Å².